The van der Waals surface area contributed by atoms with E-state index in [1.165, 1.54) is 18.4 Å². The number of fused-ring (bicyclic) bond motifs is 2. The lowest BCUT2D eigenvalue weighted by Crippen LogP contribution is -2.39. The fourth-order valence-corrected chi connectivity index (χ4v) is 3.16. The van der Waals surface area contributed by atoms with Gasteiger partial charge in [-0.3, -0.25) is 4.79 Å². The predicted molar refractivity (Wildman–Crippen MR) is 76.0 cm³/mol. The molecule has 3 heteroatoms. The van der Waals surface area contributed by atoms with Gasteiger partial charge in [-0.25, -0.2) is 0 Å². The van der Waals surface area contributed by atoms with Crippen molar-refractivity contribution in [3.05, 3.63) is 35.4 Å². The van der Waals surface area contributed by atoms with Gasteiger partial charge in [-0.05, 0) is 31.7 Å². The van der Waals surface area contributed by atoms with Gasteiger partial charge in [0.25, 0.3) is 0 Å². The Kier molecular flexibility index (Phi) is 3.56. The SMILES string of the molecule is Cc1ccc(CC(=O)N2CCC3CCC(C2)N3)cc1. The third kappa shape index (κ3) is 2.98. The van der Waals surface area contributed by atoms with Crippen molar-refractivity contribution in [2.45, 2.75) is 44.7 Å². The summed E-state index contributed by atoms with van der Waals surface area (Å²) in [7, 11) is 0. The first-order valence-corrected chi connectivity index (χ1v) is 7.30. The minimum atomic E-state index is 0.276. The van der Waals surface area contributed by atoms with E-state index in [1.807, 2.05) is 0 Å². The summed E-state index contributed by atoms with van der Waals surface area (Å²) >= 11 is 0. The van der Waals surface area contributed by atoms with Crippen molar-refractivity contribution in [1.82, 2.24) is 10.2 Å². The lowest BCUT2D eigenvalue weighted by atomic mass is 10.1. The first-order chi connectivity index (χ1) is 9.20. The van der Waals surface area contributed by atoms with Crippen molar-refractivity contribution >= 4 is 5.91 Å². The van der Waals surface area contributed by atoms with E-state index in [9.17, 15) is 4.79 Å². The number of nitrogens with zero attached hydrogens (tertiary/aromatic N) is 1. The van der Waals surface area contributed by atoms with Gasteiger partial charge in [-0.15, -0.1) is 0 Å². The van der Waals surface area contributed by atoms with Crippen LogP contribution in [0.2, 0.25) is 0 Å². The Morgan fingerprint density at radius 2 is 1.95 bits per heavy atom. The Hall–Kier alpha value is -1.35. The molecule has 0 saturated carbocycles. The standard InChI is InChI=1S/C16H22N2O/c1-12-2-4-13(5-3-12)10-16(19)18-9-8-14-6-7-15(11-18)17-14/h2-5,14-15,17H,6-11H2,1H3. The van der Waals surface area contributed by atoms with E-state index < -0.39 is 0 Å². The molecule has 1 aromatic rings. The van der Waals surface area contributed by atoms with E-state index in [-0.39, 0.29) is 5.91 Å². The number of amides is 1. The zero-order valence-corrected chi connectivity index (χ0v) is 11.6. The predicted octanol–water partition coefficient (Wildman–Crippen LogP) is 1.89. The van der Waals surface area contributed by atoms with E-state index in [1.54, 1.807) is 0 Å². The molecule has 0 radical (unpaired) electrons. The molecule has 1 aromatic carbocycles. The number of rotatable bonds is 2. The molecule has 102 valence electrons. The highest BCUT2D eigenvalue weighted by Gasteiger charge is 2.30. The smallest absolute Gasteiger partial charge is 0.227 e. The largest absolute Gasteiger partial charge is 0.341 e. The zero-order valence-electron chi connectivity index (χ0n) is 11.6. The summed E-state index contributed by atoms with van der Waals surface area (Å²) in [5, 5.41) is 3.62. The van der Waals surface area contributed by atoms with Gasteiger partial charge in [0.15, 0.2) is 0 Å². The fourth-order valence-electron chi connectivity index (χ4n) is 3.16. The average Bonchev–Trinajstić information content (AvgIpc) is 2.71. The van der Waals surface area contributed by atoms with E-state index in [4.69, 9.17) is 0 Å². The summed E-state index contributed by atoms with van der Waals surface area (Å²) < 4.78 is 0. The Morgan fingerprint density at radius 1 is 1.21 bits per heavy atom. The van der Waals surface area contributed by atoms with Gasteiger partial charge in [-0.1, -0.05) is 29.8 Å². The Balaban J connectivity index is 1.62. The minimum Gasteiger partial charge on any atom is -0.341 e. The number of likely N-dealkylation sites (tertiary alicyclic amines) is 1. The molecule has 2 aliphatic rings. The number of carbonyl (C=O) groups excluding carboxylic acids is 1. The van der Waals surface area contributed by atoms with E-state index in [2.05, 4.69) is 41.4 Å². The number of nitrogens with one attached hydrogen (secondary N) is 1. The summed E-state index contributed by atoms with van der Waals surface area (Å²) in [6.07, 6.45) is 4.15. The number of aryl methyl sites for hydroxylation is 1. The molecule has 2 heterocycles. The molecule has 2 aliphatic heterocycles. The molecular weight excluding hydrogens is 236 g/mol. The summed E-state index contributed by atoms with van der Waals surface area (Å²) in [6, 6.07) is 9.45. The second-order valence-corrected chi connectivity index (χ2v) is 5.93. The van der Waals surface area contributed by atoms with Crippen molar-refractivity contribution in [2.75, 3.05) is 13.1 Å². The minimum absolute atomic E-state index is 0.276. The topological polar surface area (TPSA) is 32.3 Å². The molecule has 2 fully saturated rings. The van der Waals surface area contributed by atoms with Gasteiger partial charge in [0, 0.05) is 25.2 Å². The molecule has 3 nitrogen and oxygen atoms in total. The van der Waals surface area contributed by atoms with Crippen LogP contribution in [0.1, 0.15) is 30.4 Å². The average molecular weight is 258 g/mol. The highest BCUT2D eigenvalue weighted by molar-refractivity contribution is 5.78. The fraction of sp³-hybridized carbons (Fsp3) is 0.562. The molecule has 1 N–H and O–H groups in total. The van der Waals surface area contributed by atoms with Crippen LogP contribution in [-0.4, -0.2) is 36.0 Å². The van der Waals surface area contributed by atoms with Gasteiger partial charge < -0.3 is 10.2 Å². The Labute approximate surface area is 115 Å². The van der Waals surface area contributed by atoms with Crippen molar-refractivity contribution in [3.8, 4) is 0 Å². The first kappa shape index (κ1) is 12.7. The molecule has 3 rings (SSSR count). The lowest BCUT2D eigenvalue weighted by Gasteiger charge is -2.24. The highest BCUT2D eigenvalue weighted by atomic mass is 16.2. The molecule has 1 amide bonds. The maximum Gasteiger partial charge on any atom is 0.227 e. The third-order valence-corrected chi connectivity index (χ3v) is 4.35. The van der Waals surface area contributed by atoms with Crippen molar-refractivity contribution in [3.63, 3.8) is 0 Å². The van der Waals surface area contributed by atoms with Crippen LogP contribution in [0.15, 0.2) is 24.3 Å². The van der Waals surface area contributed by atoms with Crippen LogP contribution < -0.4 is 5.32 Å². The van der Waals surface area contributed by atoms with Gasteiger partial charge in [0.1, 0.15) is 0 Å². The van der Waals surface area contributed by atoms with Crippen LogP contribution in [-0.2, 0) is 11.2 Å². The van der Waals surface area contributed by atoms with Crippen LogP contribution in [0, 0.1) is 6.92 Å². The molecule has 0 aromatic heterocycles. The maximum absolute atomic E-state index is 12.4. The number of hydrogen-bond donors (Lipinski definition) is 1. The van der Waals surface area contributed by atoms with E-state index in [0.717, 1.165) is 25.1 Å². The van der Waals surface area contributed by atoms with E-state index in [0.29, 0.717) is 18.5 Å². The number of hydrogen-bond acceptors (Lipinski definition) is 2. The summed E-state index contributed by atoms with van der Waals surface area (Å²) in [6.45, 7) is 3.88. The van der Waals surface area contributed by atoms with Crippen molar-refractivity contribution < 1.29 is 4.79 Å². The van der Waals surface area contributed by atoms with Crippen LogP contribution in [0.3, 0.4) is 0 Å². The molecule has 19 heavy (non-hydrogen) atoms. The van der Waals surface area contributed by atoms with Crippen molar-refractivity contribution in [2.24, 2.45) is 0 Å². The molecular formula is C16H22N2O. The van der Waals surface area contributed by atoms with Crippen LogP contribution in [0.25, 0.3) is 0 Å². The second kappa shape index (κ2) is 5.33. The summed E-state index contributed by atoms with van der Waals surface area (Å²) in [5.41, 5.74) is 2.37. The zero-order chi connectivity index (χ0) is 13.2. The normalized spacial score (nSPS) is 26.3. The first-order valence-electron chi connectivity index (χ1n) is 7.30. The monoisotopic (exact) mass is 258 g/mol. The number of carbonyl (C=O) groups is 1. The molecule has 2 saturated heterocycles. The van der Waals surface area contributed by atoms with Gasteiger partial charge in [0.05, 0.1) is 6.42 Å². The third-order valence-electron chi connectivity index (χ3n) is 4.35. The molecule has 0 aliphatic carbocycles. The van der Waals surface area contributed by atoms with Gasteiger partial charge in [0.2, 0.25) is 5.91 Å². The summed E-state index contributed by atoms with van der Waals surface area (Å²) in [4.78, 5) is 14.4. The van der Waals surface area contributed by atoms with Gasteiger partial charge >= 0.3 is 0 Å². The molecule has 2 unspecified atom stereocenters. The number of benzene rings is 1. The van der Waals surface area contributed by atoms with Crippen molar-refractivity contribution in [1.29, 1.82) is 0 Å². The van der Waals surface area contributed by atoms with Crippen LogP contribution in [0.5, 0.6) is 0 Å². The van der Waals surface area contributed by atoms with Crippen LogP contribution in [0.4, 0.5) is 0 Å². The lowest BCUT2D eigenvalue weighted by molar-refractivity contribution is -0.130. The quantitative estimate of drug-likeness (QED) is 0.878. The molecule has 2 bridgehead atoms. The van der Waals surface area contributed by atoms with Crippen LogP contribution >= 0.6 is 0 Å². The molecule has 0 spiro atoms. The molecule has 2 atom stereocenters. The summed E-state index contributed by atoms with van der Waals surface area (Å²) in [5.74, 6) is 0.276. The highest BCUT2D eigenvalue weighted by Crippen LogP contribution is 2.20. The van der Waals surface area contributed by atoms with E-state index >= 15 is 0 Å². The Morgan fingerprint density at radius 3 is 2.74 bits per heavy atom. The van der Waals surface area contributed by atoms with Gasteiger partial charge in [-0.2, -0.15) is 0 Å². The Bertz CT molecular complexity index is 454. The maximum atomic E-state index is 12.4. The second-order valence-electron chi connectivity index (χ2n) is 5.93.